The van der Waals surface area contributed by atoms with Crippen LogP contribution in [-0.2, 0) is 0 Å². The number of hydrogen-bond donors (Lipinski definition) is 1. The van der Waals surface area contributed by atoms with Crippen molar-refractivity contribution in [3.05, 3.63) is 33.0 Å². The summed E-state index contributed by atoms with van der Waals surface area (Å²) >= 11 is 2.95. The molecule has 0 aliphatic rings. The van der Waals surface area contributed by atoms with Crippen LogP contribution in [0.1, 0.15) is 53.0 Å². The van der Waals surface area contributed by atoms with Crippen LogP contribution in [0.3, 0.4) is 0 Å². The van der Waals surface area contributed by atoms with Crippen molar-refractivity contribution < 1.29 is 9.90 Å². The number of nitrogens with zero attached hydrogens (tertiary/aromatic N) is 2. The lowest BCUT2D eigenvalue weighted by Gasteiger charge is -2.23. The SMILES string of the molecule is CC(C)c1nc(N(C)C(C)c2cccs2)sc1C(=O)O. The molecule has 6 heteroatoms. The number of hydrogen-bond acceptors (Lipinski definition) is 5. The Bertz CT molecular complexity index is 590. The lowest BCUT2D eigenvalue weighted by molar-refractivity contribution is 0.0700. The summed E-state index contributed by atoms with van der Waals surface area (Å²) in [6.45, 7) is 6.03. The minimum atomic E-state index is -0.894. The average molecular weight is 310 g/mol. The molecule has 2 heterocycles. The fourth-order valence-electron chi connectivity index (χ4n) is 1.90. The lowest BCUT2D eigenvalue weighted by Crippen LogP contribution is -2.20. The summed E-state index contributed by atoms with van der Waals surface area (Å²) in [4.78, 5) is 19.5. The second-order valence-electron chi connectivity index (χ2n) is 4.97. The maximum absolute atomic E-state index is 11.3. The van der Waals surface area contributed by atoms with Crippen molar-refractivity contribution in [3.63, 3.8) is 0 Å². The van der Waals surface area contributed by atoms with E-state index in [1.165, 1.54) is 16.2 Å². The molecule has 2 rings (SSSR count). The van der Waals surface area contributed by atoms with Gasteiger partial charge in [-0.3, -0.25) is 0 Å². The molecule has 0 saturated heterocycles. The van der Waals surface area contributed by atoms with Crippen LogP contribution in [0, 0.1) is 0 Å². The Balaban J connectivity index is 2.33. The zero-order chi connectivity index (χ0) is 14.9. The van der Waals surface area contributed by atoms with E-state index in [2.05, 4.69) is 18.0 Å². The molecule has 0 bridgehead atoms. The van der Waals surface area contributed by atoms with Gasteiger partial charge in [-0.05, 0) is 24.3 Å². The first-order chi connectivity index (χ1) is 9.41. The fraction of sp³-hybridized carbons (Fsp3) is 0.429. The highest BCUT2D eigenvalue weighted by Crippen LogP contribution is 2.34. The zero-order valence-corrected chi connectivity index (χ0v) is 13.6. The van der Waals surface area contributed by atoms with Gasteiger partial charge in [0.15, 0.2) is 5.13 Å². The molecule has 0 radical (unpaired) electrons. The number of anilines is 1. The Hall–Kier alpha value is -1.40. The Morgan fingerprint density at radius 2 is 2.10 bits per heavy atom. The first-order valence-electron chi connectivity index (χ1n) is 6.42. The van der Waals surface area contributed by atoms with Gasteiger partial charge in [0.25, 0.3) is 0 Å². The summed E-state index contributed by atoms with van der Waals surface area (Å²) in [6.07, 6.45) is 0. The number of rotatable bonds is 5. The van der Waals surface area contributed by atoms with Crippen LogP contribution < -0.4 is 4.90 Å². The van der Waals surface area contributed by atoms with Crippen LogP contribution in [0.4, 0.5) is 5.13 Å². The molecular weight excluding hydrogens is 292 g/mol. The van der Waals surface area contributed by atoms with Crippen molar-refractivity contribution in [1.82, 2.24) is 4.98 Å². The van der Waals surface area contributed by atoms with E-state index in [9.17, 15) is 9.90 Å². The molecule has 20 heavy (non-hydrogen) atoms. The first-order valence-corrected chi connectivity index (χ1v) is 8.11. The van der Waals surface area contributed by atoms with Crippen LogP contribution in [0.5, 0.6) is 0 Å². The number of aromatic carboxylic acids is 1. The standard InChI is InChI=1S/C14H18N2O2S2/c1-8(2)11-12(13(17)18)20-14(15-11)16(4)9(3)10-6-5-7-19-10/h5-9H,1-4H3,(H,17,18). The van der Waals surface area contributed by atoms with E-state index in [1.54, 1.807) is 11.3 Å². The van der Waals surface area contributed by atoms with Crippen molar-refractivity contribution in [2.45, 2.75) is 32.7 Å². The predicted molar refractivity (Wildman–Crippen MR) is 84.3 cm³/mol. The lowest BCUT2D eigenvalue weighted by atomic mass is 10.1. The monoisotopic (exact) mass is 310 g/mol. The number of thiophene rings is 1. The largest absolute Gasteiger partial charge is 0.477 e. The number of aromatic nitrogens is 1. The Morgan fingerprint density at radius 1 is 1.40 bits per heavy atom. The molecule has 0 aromatic carbocycles. The van der Waals surface area contributed by atoms with Gasteiger partial charge in [-0.15, -0.1) is 11.3 Å². The van der Waals surface area contributed by atoms with Gasteiger partial charge in [-0.1, -0.05) is 31.3 Å². The number of thiazole rings is 1. The maximum Gasteiger partial charge on any atom is 0.347 e. The van der Waals surface area contributed by atoms with Crippen molar-refractivity contribution in [1.29, 1.82) is 0 Å². The van der Waals surface area contributed by atoms with Gasteiger partial charge in [-0.25, -0.2) is 9.78 Å². The van der Waals surface area contributed by atoms with Gasteiger partial charge in [0.05, 0.1) is 11.7 Å². The number of carbonyl (C=O) groups is 1. The van der Waals surface area contributed by atoms with E-state index < -0.39 is 5.97 Å². The van der Waals surface area contributed by atoms with Gasteiger partial charge >= 0.3 is 5.97 Å². The van der Waals surface area contributed by atoms with E-state index in [1.807, 2.05) is 37.2 Å². The van der Waals surface area contributed by atoms with Gasteiger partial charge in [0.1, 0.15) is 4.88 Å². The fourth-order valence-corrected chi connectivity index (χ4v) is 3.83. The van der Waals surface area contributed by atoms with E-state index in [4.69, 9.17) is 0 Å². The summed E-state index contributed by atoms with van der Waals surface area (Å²) in [5, 5.41) is 12.1. The van der Waals surface area contributed by atoms with E-state index in [0.29, 0.717) is 10.6 Å². The first kappa shape index (κ1) is 15.0. The molecule has 4 nitrogen and oxygen atoms in total. The molecule has 0 aliphatic carbocycles. The quantitative estimate of drug-likeness (QED) is 0.898. The van der Waals surface area contributed by atoms with Crippen LogP contribution in [0.15, 0.2) is 17.5 Å². The summed E-state index contributed by atoms with van der Waals surface area (Å²) in [6, 6.07) is 4.29. The third kappa shape index (κ3) is 2.86. The molecule has 0 fully saturated rings. The number of carboxylic acid groups (broad SMARTS) is 1. The normalized spacial score (nSPS) is 12.7. The average Bonchev–Trinajstić information content (AvgIpc) is 3.05. The second kappa shape index (κ2) is 5.93. The van der Waals surface area contributed by atoms with Crippen LogP contribution in [-0.4, -0.2) is 23.1 Å². The van der Waals surface area contributed by atoms with E-state index >= 15 is 0 Å². The third-order valence-corrected chi connectivity index (χ3v) is 5.41. The molecule has 0 amide bonds. The molecule has 0 aliphatic heterocycles. The van der Waals surface area contributed by atoms with Crippen molar-refractivity contribution in [2.24, 2.45) is 0 Å². The van der Waals surface area contributed by atoms with Crippen molar-refractivity contribution in [3.8, 4) is 0 Å². The van der Waals surface area contributed by atoms with E-state index in [-0.39, 0.29) is 12.0 Å². The smallest absolute Gasteiger partial charge is 0.347 e. The molecular formula is C14H18N2O2S2. The summed E-state index contributed by atoms with van der Waals surface area (Å²) in [7, 11) is 1.96. The maximum atomic E-state index is 11.3. The molecule has 2 aromatic rings. The summed E-state index contributed by atoms with van der Waals surface area (Å²) < 4.78 is 0. The predicted octanol–water partition coefficient (Wildman–Crippen LogP) is 4.22. The van der Waals surface area contributed by atoms with Crippen LogP contribution >= 0.6 is 22.7 Å². The molecule has 1 N–H and O–H groups in total. The third-order valence-electron chi connectivity index (χ3n) is 3.22. The molecule has 0 saturated carbocycles. The van der Waals surface area contributed by atoms with Gasteiger partial charge in [0.2, 0.25) is 0 Å². The van der Waals surface area contributed by atoms with E-state index in [0.717, 1.165) is 5.13 Å². The number of carboxylic acids is 1. The van der Waals surface area contributed by atoms with Gasteiger partial charge in [-0.2, -0.15) is 0 Å². The van der Waals surface area contributed by atoms with Crippen molar-refractivity contribution >= 4 is 33.8 Å². The molecule has 108 valence electrons. The topological polar surface area (TPSA) is 53.4 Å². The summed E-state index contributed by atoms with van der Waals surface area (Å²) in [5.41, 5.74) is 0.669. The molecule has 1 atom stereocenters. The van der Waals surface area contributed by atoms with Crippen molar-refractivity contribution in [2.75, 3.05) is 11.9 Å². The minimum Gasteiger partial charge on any atom is -0.477 e. The highest BCUT2D eigenvalue weighted by Gasteiger charge is 2.23. The Kier molecular flexibility index (Phi) is 4.45. The van der Waals surface area contributed by atoms with Gasteiger partial charge in [0, 0.05) is 11.9 Å². The van der Waals surface area contributed by atoms with Gasteiger partial charge < -0.3 is 10.0 Å². The molecule has 0 spiro atoms. The molecule has 1 unspecified atom stereocenters. The van der Waals surface area contributed by atoms with Crippen LogP contribution in [0.2, 0.25) is 0 Å². The summed E-state index contributed by atoms with van der Waals surface area (Å²) in [5.74, 6) is -0.786. The highest BCUT2D eigenvalue weighted by atomic mass is 32.1. The zero-order valence-electron chi connectivity index (χ0n) is 12.0. The second-order valence-corrected chi connectivity index (χ2v) is 6.93. The Morgan fingerprint density at radius 3 is 2.55 bits per heavy atom. The van der Waals surface area contributed by atoms with Crippen LogP contribution in [0.25, 0.3) is 0 Å². The minimum absolute atomic E-state index is 0.108. The highest BCUT2D eigenvalue weighted by molar-refractivity contribution is 7.17. The Labute approximate surface area is 126 Å². The molecule has 2 aromatic heterocycles.